The van der Waals surface area contributed by atoms with Crippen LogP contribution in [0.15, 0.2) is 33.2 Å². The summed E-state index contributed by atoms with van der Waals surface area (Å²) in [7, 11) is 0. The zero-order valence-corrected chi connectivity index (χ0v) is 15.4. The van der Waals surface area contributed by atoms with Crippen molar-refractivity contribution in [2.24, 2.45) is 0 Å². The van der Waals surface area contributed by atoms with Crippen LogP contribution in [0.5, 0.6) is 0 Å². The minimum atomic E-state index is -0.173. The van der Waals surface area contributed by atoms with Crippen LogP contribution in [0.1, 0.15) is 27.3 Å². The molecule has 0 saturated heterocycles. The minimum Gasteiger partial charge on any atom is -0.327 e. The van der Waals surface area contributed by atoms with Crippen molar-refractivity contribution in [2.75, 3.05) is 0 Å². The van der Waals surface area contributed by atoms with Gasteiger partial charge in [-0.1, -0.05) is 6.07 Å². The van der Waals surface area contributed by atoms with E-state index in [9.17, 15) is 9.59 Å². The van der Waals surface area contributed by atoms with Gasteiger partial charge in [0.2, 0.25) is 0 Å². The van der Waals surface area contributed by atoms with Gasteiger partial charge >= 0.3 is 0 Å². The van der Waals surface area contributed by atoms with Crippen LogP contribution in [0.4, 0.5) is 0 Å². The van der Waals surface area contributed by atoms with Crippen molar-refractivity contribution >= 4 is 34.2 Å². The number of aromatic amines is 1. The van der Waals surface area contributed by atoms with Crippen molar-refractivity contribution < 1.29 is 4.79 Å². The zero-order chi connectivity index (χ0) is 17.8. The van der Waals surface area contributed by atoms with Gasteiger partial charge in [-0.3, -0.25) is 14.7 Å². The molecule has 7 nitrogen and oxygen atoms in total. The zero-order valence-electron chi connectivity index (χ0n) is 13.7. The Morgan fingerprint density at radius 3 is 2.96 bits per heavy atom. The van der Waals surface area contributed by atoms with Crippen molar-refractivity contribution in [2.45, 2.75) is 20.0 Å². The fourth-order valence-corrected chi connectivity index (χ4v) is 4.57. The molecule has 0 aliphatic carbocycles. The lowest BCUT2D eigenvalue weighted by molar-refractivity contribution is 0.0745. The number of fused-ring (bicyclic) bond motifs is 2. The number of rotatable bonds is 2. The van der Waals surface area contributed by atoms with E-state index in [2.05, 4.69) is 15.1 Å². The summed E-state index contributed by atoms with van der Waals surface area (Å²) in [6, 6.07) is 3.98. The van der Waals surface area contributed by atoms with Crippen molar-refractivity contribution in [1.29, 1.82) is 0 Å². The number of carbonyl (C=O) groups is 1. The average molecular weight is 383 g/mol. The van der Waals surface area contributed by atoms with Crippen molar-refractivity contribution in [3.63, 3.8) is 0 Å². The monoisotopic (exact) mass is 383 g/mol. The summed E-state index contributed by atoms with van der Waals surface area (Å²) in [5.41, 5.74) is 5.56. The summed E-state index contributed by atoms with van der Waals surface area (Å²) >= 11 is 2.98. The molecule has 1 aliphatic heterocycles. The third-order valence-electron chi connectivity index (χ3n) is 4.59. The number of aromatic nitrogens is 4. The Balaban J connectivity index is 1.59. The number of hydrogen-bond donors (Lipinski definition) is 1. The molecule has 0 saturated carbocycles. The Bertz CT molecular complexity index is 1190. The molecule has 4 aromatic rings. The molecule has 130 valence electrons. The molecule has 1 aliphatic rings. The summed E-state index contributed by atoms with van der Waals surface area (Å²) in [6.07, 6.45) is 0. The van der Waals surface area contributed by atoms with Gasteiger partial charge in [0.05, 0.1) is 40.4 Å². The van der Waals surface area contributed by atoms with E-state index in [0.29, 0.717) is 29.1 Å². The highest BCUT2D eigenvalue weighted by Crippen LogP contribution is 2.29. The minimum absolute atomic E-state index is 0.149. The highest BCUT2D eigenvalue weighted by Gasteiger charge is 2.30. The molecule has 0 atom stereocenters. The first-order valence-electron chi connectivity index (χ1n) is 7.98. The number of aryl methyl sites for hydroxylation is 1. The Labute approximate surface area is 155 Å². The molecule has 0 aromatic carbocycles. The van der Waals surface area contributed by atoms with Gasteiger partial charge in [0, 0.05) is 10.9 Å². The normalized spacial score (nSPS) is 13.5. The number of carbonyl (C=O) groups excluding carboxylic acids is 1. The first-order chi connectivity index (χ1) is 12.6. The smallest absolute Gasteiger partial charge is 0.278 e. The van der Waals surface area contributed by atoms with E-state index < -0.39 is 0 Å². The molecule has 0 spiro atoms. The highest BCUT2D eigenvalue weighted by atomic mass is 32.1. The highest BCUT2D eigenvalue weighted by molar-refractivity contribution is 7.13. The SMILES string of the molecule is Cc1c(-c2cccs2)[nH]n2c(=O)c3c(nc12)CN(C(=O)c1cscn1)C3. The second-order valence-corrected chi connectivity index (χ2v) is 7.79. The van der Waals surface area contributed by atoms with E-state index >= 15 is 0 Å². The van der Waals surface area contributed by atoms with Gasteiger partial charge in [-0.2, -0.15) is 0 Å². The summed E-state index contributed by atoms with van der Waals surface area (Å²) < 4.78 is 1.49. The molecule has 4 aromatic heterocycles. The molecule has 9 heteroatoms. The number of nitrogens with zero attached hydrogens (tertiary/aromatic N) is 4. The predicted octanol–water partition coefficient (Wildman–Crippen LogP) is 2.67. The molecule has 0 fully saturated rings. The van der Waals surface area contributed by atoms with Gasteiger partial charge in [0.1, 0.15) is 5.69 Å². The molecule has 1 amide bonds. The topological polar surface area (TPSA) is 83.4 Å². The number of thiophene rings is 1. The molecule has 0 radical (unpaired) electrons. The van der Waals surface area contributed by atoms with Crippen LogP contribution in [-0.2, 0) is 13.1 Å². The maximum Gasteiger partial charge on any atom is 0.278 e. The fraction of sp³-hybridized carbons (Fsp3) is 0.176. The van der Waals surface area contributed by atoms with Crippen LogP contribution in [-0.4, -0.2) is 30.4 Å². The third kappa shape index (κ3) is 2.17. The number of H-pyrrole nitrogens is 1. The van der Waals surface area contributed by atoms with Gasteiger partial charge in [-0.05, 0) is 18.4 Å². The van der Waals surface area contributed by atoms with E-state index in [1.165, 1.54) is 15.9 Å². The van der Waals surface area contributed by atoms with E-state index in [0.717, 1.165) is 16.1 Å². The van der Waals surface area contributed by atoms with Crippen molar-refractivity contribution in [3.8, 4) is 10.6 Å². The molecule has 1 N–H and O–H groups in total. The molecular weight excluding hydrogens is 370 g/mol. The van der Waals surface area contributed by atoms with E-state index in [1.807, 2.05) is 24.4 Å². The lowest BCUT2D eigenvalue weighted by atomic mass is 10.2. The van der Waals surface area contributed by atoms with Crippen LogP contribution in [0.3, 0.4) is 0 Å². The van der Waals surface area contributed by atoms with Gasteiger partial charge < -0.3 is 4.90 Å². The van der Waals surface area contributed by atoms with Gasteiger partial charge in [-0.25, -0.2) is 14.5 Å². The van der Waals surface area contributed by atoms with Crippen LogP contribution >= 0.6 is 22.7 Å². The van der Waals surface area contributed by atoms with Crippen LogP contribution in [0, 0.1) is 6.92 Å². The van der Waals surface area contributed by atoms with Crippen LogP contribution in [0.2, 0.25) is 0 Å². The number of thiazole rings is 1. The van der Waals surface area contributed by atoms with E-state index in [1.54, 1.807) is 27.1 Å². The summed E-state index contributed by atoms with van der Waals surface area (Å²) in [5.74, 6) is -0.173. The second-order valence-electron chi connectivity index (χ2n) is 6.13. The summed E-state index contributed by atoms with van der Waals surface area (Å²) in [4.78, 5) is 36.9. The summed E-state index contributed by atoms with van der Waals surface area (Å²) in [5, 5.41) is 6.89. The molecule has 0 unspecified atom stereocenters. The van der Waals surface area contributed by atoms with Crippen molar-refractivity contribution in [1.82, 2.24) is 24.5 Å². The Kier molecular flexibility index (Phi) is 3.34. The molecule has 5 heterocycles. The molecular formula is C17H13N5O2S2. The molecule has 0 bridgehead atoms. The largest absolute Gasteiger partial charge is 0.327 e. The Morgan fingerprint density at radius 1 is 1.35 bits per heavy atom. The second kappa shape index (κ2) is 5.61. The van der Waals surface area contributed by atoms with Gasteiger partial charge in [-0.15, -0.1) is 22.7 Å². The fourth-order valence-electron chi connectivity index (χ4n) is 3.26. The van der Waals surface area contributed by atoms with Crippen molar-refractivity contribution in [3.05, 3.63) is 61.3 Å². The van der Waals surface area contributed by atoms with Crippen LogP contribution < -0.4 is 5.56 Å². The maximum atomic E-state index is 13.0. The first-order valence-corrected chi connectivity index (χ1v) is 9.80. The number of hydrogen-bond acceptors (Lipinski definition) is 6. The molecule has 5 rings (SSSR count). The maximum absolute atomic E-state index is 13.0. The Hall–Kier alpha value is -2.78. The lowest BCUT2D eigenvalue weighted by Crippen LogP contribution is -2.26. The Morgan fingerprint density at radius 2 is 2.23 bits per heavy atom. The number of amides is 1. The number of nitrogens with one attached hydrogen (secondary N) is 1. The summed E-state index contributed by atoms with van der Waals surface area (Å²) in [6.45, 7) is 2.54. The quantitative estimate of drug-likeness (QED) is 0.577. The predicted molar refractivity (Wildman–Crippen MR) is 99.6 cm³/mol. The van der Waals surface area contributed by atoms with Gasteiger partial charge in [0.25, 0.3) is 11.5 Å². The molecule has 26 heavy (non-hydrogen) atoms. The van der Waals surface area contributed by atoms with Crippen LogP contribution in [0.25, 0.3) is 16.2 Å². The van der Waals surface area contributed by atoms with E-state index in [-0.39, 0.29) is 18.0 Å². The van der Waals surface area contributed by atoms with Gasteiger partial charge in [0.15, 0.2) is 5.65 Å². The third-order valence-corrected chi connectivity index (χ3v) is 6.07. The first kappa shape index (κ1) is 15.5. The van der Waals surface area contributed by atoms with E-state index in [4.69, 9.17) is 0 Å². The standard InChI is InChI=1S/C17H13N5O2S2/c1-9-14(13-3-2-4-26-13)20-22-15(9)19-11-6-21(5-10(11)16(22)23)17(24)12-7-25-8-18-12/h2-4,7-8,20H,5-6H2,1H3. The average Bonchev–Trinajstić information content (AvgIpc) is 3.42. The lowest BCUT2D eigenvalue weighted by Gasteiger charge is -2.12.